The molecule has 0 radical (unpaired) electrons. The summed E-state index contributed by atoms with van der Waals surface area (Å²) < 4.78 is 33.7. The normalized spacial score (nSPS) is 27.0. The number of halogens is 2. The van der Waals surface area contributed by atoms with Gasteiger partial charge in [0.1, 0.15) is 0 Å². The maximum absolute atomic E-state index is 14.4. The van der Waals surface area contributed by atoms with Crippen molar-refractivity contribution in [2.45, 2.75) is 104 Å². The van der Waals surface area contributed by atoms with Crippen molar-refractivity contribution in [2.24, 2.45) is 23.7 Å². The summed E-state index contributed by atoms with van der Waals surface area (Å²) in [4.78, 5) is 0. The fourth-order valence-corrected chi connectivity index (χ4v) is 5.94. The van der Waals surface area contributed by atoms with Crippen LogP contribution in [-0.2, 0) is 6.42 Å². The van der Waals surface area contributed by atoms with Gasteiger partial charge in [-0.25, -0.2) is 4.39 Å². The maximum atomic E-state index is 14.4. The summed E-state index contributed by atoms with van der Waals surface area (Å²) in [6.07, 6.45) is 21.2. The van der Waals surface area contributed by atoms with Gasteiger partial charge in [0.05, 0.1) is 6.26 Å². The summed E-state index contributed by atoms with van der Waals surface area (Å²) in [5.41, 5.74) is 0.480. The van der Waals surface area contributed by atoms with Crippen LogP contribution in [-0.4, -0.2) is 0 Å². The van der Waals surface area contributed by atoms with Crippen molar-refractivity contribution in [1.82, 2.24) is 0 Å². The van der Waals surface area contributed by atoms with Crippen LogP contribution in [0.25, 0.3) is 0 Å². The lowest BCUT2D eigenvalue weighted by molar-refractivity contribution is 0.140. The number of hydrogen-bond acceptors (Lipinski definition) is 1. The molecular weight excluding hydrogens is 390 g/mol. The van der Waals surface area contributed by atoms with E-state index in [4.69, 9.17) is 4.74 Å². The average molecular weight is 433 g/mol. The largest absolute Gasteiger partial charge is 0.462 e. The van der Waals surface area contributed by atoms with Crippen molar-refractivity contribution >= 4 is 0 Å². The first-order valence-electron chi connectivity index (χ1n) is 12.9. The molecule has 0 atom stereocenters. The molecule has 2 fully saturated rings. The zero-order chi connectivity index (χ0) is 22.1. The Hall–Kier alpha value is -1.38. The third-order valence-corrected chi connectivity index (χ3v) is 7.95. The Kier molecular flexibility index (Phi) is 9.87. The molecule has 1 nitrogen and oxygen atoms in total. The minimum atomic E-state index is -0.871. The Morgan fingerprint density at radius 3 is 2.03 bits per heavy atom. The highest BCUT2D eigenvalue weighted by Crippen LogP contribution is 2.43. The third-order valence-electron chi connectivity index (χ3n) is 7.95. The van der Waals surface area contributed by atoms with Gasteiger partial charge in [-0.1, -0.05) is 70.4 Å². The van der Waals surface area contributed by atoms with E-state index in [1.807, 2.05) is 0 Å². The second kappa shape index (κ2) is 12.6. The van der Waals surface area contributed by atoms with E-state index in [9.17, 15) is 8.78 Å². The first-order valence-corrected chi connectivity index (χ1v) is 12.9. The van der Waals surface area contributed by atoms with Crippen molar-refractivity contribution in [1.29, 1.82) is 0 Å². The molecule has 0 heterocycles. The maximum Gasteiger partial charge on any atom is 0.201 e. The van der Waals surface area contributed by atoms with Gasteiger partial charge >= 0.3 is 0 Å². The zero-order valence-electron chi connectivity index (χ0n) is 19.7. The van der Waals surface area contributed by atoms with Gasteiger partial charge < -0.3 is 4.74 Å². The van der Waals surface area contributed by atoms with Gasteiger partial charge in [-0.3, -0.25) is 0 Å². The summed E-state index contributed by atoms with van der Waals surface area (Å²) in [5.74, 6) is 1.84. The molecule has 3 rings (SSSR count). The van der Waals surface area contributed by atoms with Crippen molar-refractivity contribution in [2.75, 3.05) is 0 Å². The fraction of sp³-hybridized carbons (Fsp3) is 0.714. The molecule has 1 aromatic rings. The van der Waals surface area contributed by atoms with E-state index in [0.29, 0.717) is 17.9 Å². The molecule has 0 saturated heterocycles. The minimum Gasteiger partial charge on any atom is -0.462 e. The predicted molar refractivity (Wildman–Crippen MR) is 125 cm³/mol. The molecule has 0 aliphatic heterocycles. The molecule has 0 amide bonds. The SMILES string of the molecule is C/C=C/Oc1ccc(CCC2CCC(C3CCC(CCCCC)CC3)CC2)c(F)c1F. The summed E-state index contributed by atoms with van der Waals surface area (Å²) in [6, 6.07) is 3.23. The predicted octanol–water partition coefficient (Wildman–Crippen LogP) is 9.00. The molecule has 2 aliphatic carbocycles. The summed E-state index contributed by atoms with van der Waals surface area (Å²) in [6.45, 7) is 4.07. The first-order chi connectivity index (χ1) is 15.1. The summed E-state index contributed by atoms with van der Waals surface area (Å²) in [5, 5.41) is 0. The molecular formula is C28H42F2O. The number of aryl methyl sites for hydroxylation is 1. The van der Waals surface area contributed by atoms with E-state index in [0.717, 1.165) is 24.2 Å². The molecule has 0 spiro atoms. The van der Waals surface area contributed by atoms with Crippen LogP contribution >= 0.6 is 0 Å². The fourth-order valence-electron chi connectivity index (χ4n) is 5.94. The molecule has 174 valence electrons. The Morgan fingerprint density at radius 2 is 1.45 bits per heavy atom. The lowest BCUT2D eigenvalue weighted by atomic mass is 9.68. The molecule has 31 heavy (non-hydrogen) atoms. The van der Waals surface area contributed by atoms with Gasteiger partial charge in [0.2, 0.25) is 5.82 Å². The highest BCUT2D eigenvalue weighted by Gasteiger charge is 2.30. The molecule has 0 bridgehead atoms. The van der Waals surface area contributed by atoms with Crippen LogP contribution in [0.1, 0.15) is 103 Å². The molecule has 0 aromatic heterocycles. The molecule has 2 saturated carbocycles. The van der Waals surface area contributed by atoms with Crippen LogP contribution in [0.15, 0.2) is 24.5 Å². The smallest absolute Gasteiger partial charge is 0.201 e. The van der Waals surface area contributed by atoms with Crippen LogP contribution in [0.5, 0.6) is 5.75 Å². The van der Waals surface area contributed by atoms with E-state index < -0.39 is 11.6 Å². The van der Waals surface area contributed by atoms with Gasteiger partial charge in [-0.2, -0.15) is 4.39 Å². The molecule has 2 aliphatic rings. The number of benzene rings is 1. The van der Waals surface area contributed by atoms with Crippen molar-refractivity contribution in [3.05, 3.63) is 41.7 Å². The first kappa shape index (κ1) is 24.3. The van der Waals surface area contributed by atoms with Gasteiger partial charge in [-0.15, -0.1) is 0 Å². The van der Waals surface area contributed by atoms with E-state index >= 15 is 0 Å². The molecule has 0 N–H and O–H groups in total. The zero-order valence-corrected chi connectivity index (χ0v) is 19.7. The average Bonchev–Trinajstić information content (AvgIpc) is 2.80. The lowest BCUT2D eigenvalue weighted by Crippen LogP contribution is -2.26. The van der Waals surface area contributed by atoms with Crippen molar-refractivity contribution in [3.63, 3.8) is 0 Å². The highest BCUT2D eigenvalue weighted by atomic mass is 19.2. The number of rotatable bonds is 10. The van der Waals surface area contributed by atoms with E-state index in [2.05, 4.69) is 6.92 Å². The van der Waals surface area contributed by atoms with Crippen LogP contribution < -0.4 is 4.74 Å². The Morgan fingerprint density at radius 1 is 0.839 bits per heavy atom. The molecule has 1 aromatic carbocycles. The van der Waals surface area contributed by atoms with Crippen molar-refractivity contribution < 1.29 is 13.5 Å². The third kappa shape index (κ3) is 7.05. The van der Waals surface area contributed by atoms with Gasteiger partial charge in [0.15, 0.2) is 11.6 Å². The minimum absolute atomic E-state index is 0.0417. The lowest BCUT2D eigenvalue weighted by Gasteiger charge is -2.38. The number of ether oxygens (including phenoxy) is 1. The van der Waals surface area contributed by atoms with Crippen LogP contribution in [0.4, 0.5) is 8.78 Å². The number of unbranched alkanes of at least 4 members (excludes halogenated alkanes) is 2. The quantitative estimate of drug-likeness (QED) is 0.265. The Labute approximate surface area is 188 Å². The standard InChI is InChI=1S/C28H42F2O/c1-3-5-6-7-21-8-13-23(14-9-21)24-15-10-22(11-16-24)12-17-25-18-19-26(31-20-4-2)28(30)27(25)29/h4,18-24H,3,5-17H2,1-2H3/b20-4+. The van der Waals surface area contributed by atoms with Crippen LogP contribution in [0, 0.1) is 35.3 Å². The van der Waals surface area contributed by atoms with Crippen molar-refractivity contribution in [3.8, 4) is 5.75 Å². The van der Waals surface area contributed by atoms with Crippen LogP contribution in [0.2, 0.25) is 0 Å². The van der Waals surface area contributed by atoms with Gasteiger partial charge in [0.25, 0.3) is 0 Å². The monoisotopic (exact) mass is 432 g/mol. The number of allylic oxidation sites excluding steroid dienone is 1. The van der Waals surface area contributed by atoms with Gasteiger partial charge in [-0.05, 0) is 80.8 Å². The van der Waals surface area contributed by atoms with Crippen LogP contribution in [0.3, 0.4) is 0 Å². The highest BCUT2D eigenvalue weighted by molar-refractivity contribution is 5.31. The Bertz CT molecular complexity index is 682. The van der Waals surface area contributed by atoms with Gasteiger partial charge in [0, 0.05) is 0 Å². The van der Waals surface area contributed by atoms with E-state index in [1.54, 1.807) is 25.1 Å². The van der Waals surface area contributed by atoms with E-state index in [-0.39, 0.29) is 5.75 Å². The number of hydrogen-bond donors (Lipinski definition) is 0. The summed E-state index contributed by atoms with van der Waals surface area (Å²) in [7, 11) is 0. The molecule has 3 heteroatoms. The molecule has 0 unspecified atom stereocenters. The second-order valence-corrected chi connectivity index (χ2v) is 10.0. The Balaban J connectivity index is 1.39. The second-order valence-electron chi connectivity index (χ2n) is 10.0. The topological polar surface area (TPSA) is 9.23 Å². The summed E-state index contributed by atoms with van der Waals surface area (Å²) >= 11 is 0. The van der Waals surface area contributed by atoms with E-state index in [1.165, 1.54) is 83.3 Å².